The molecule has 2 fully saturated rings. The predicted molar refractivity (Wildman–Crippen MR) is 359 cm³/mol. The number of benzene rings is 2. The zero-order chi connectivity index (χ0) is 72.6. The van der Waals surface area contributed by atoms with Gasteiger partial charge in [-0.05, 0) is 107 Å². The molecule has 4 rings (SSSR count). The van der Waals surface area contributed by atoms with Crippen molar-refractivity contribution in [2.24, 2.45) is 51.0 Å². The number of nitro groups is 1. The molecular weight excluding hydrogens is 1270 g/mol. The summed E-state index contributed by atoms with van der Waals surface area (Å²) in [5.41, 5.74) is 40.0. The van der Waals surface area contributed by atoms with Crippen molar-refractivity contribution in [2.75, 3.05) is 32.7 Å². The molecule has 2 saturated heterocycles. The van der Waals surface area contributed by atoms with Gasteiger partial charge in [0.2, 0.25) is 76.8 Å². The number of carbonyl (C=O) groups is 13. The minimum atomic E-state index is -1.70. The van der Waals surface area contributed by atoms with Gasteiger partial charge in [0.25, 0.3) is 5.69 Å². The van der Waals surface area contributed by atoms with E-state index >= 15 is 0 Å². The first-order valence-corrected chi connectivity index (χ1v) is 33.2. The third-order valence-electron chi connectivity index (χ3n) is 16.6. The van der Waals surface area contributed by atoms with Crippen LogP contribution in [0.25, 0.3) is 0 Å². The molecule has 34 heteroatoms. The zero-order valence-corrected chi connectivity index (χ0v) is 56.0. The normalized spacial score (nSPS) is 16.6. The molecule has 10 atom stereocenters. The highest BCUT2D eigenvalue weighted by molar-refractivity contribution is 5.99. The molecule has 0 aliphatic carbocycles. The Labute approximate surface area is 568 Å². The number of amides is 13. The molecule has 0 bridgehead atoms. The number of hydrogen-bond acceptors (Lipinski definition) is 18. The van der Waals surface area contributed by atoms with Gasteiger partial charge in [0.15, 0.2) is 5.96 Å². The van der Waals surface area contributed by atoms with Gasteiger partial charge in [0.1, 0.15) is 54.4 Å². The summed E-state index contributed by atoms with van der Waals surface area (Å²) in [6.45, 7) is 5.55. The Morgan fingerprint density at radius 3 is 1.57 bits per heavy atom. The molecule has 0 unspecified atom stereocenters. The van der Waals surface area contributed by atoms with Crippen molar-refractivity contribution in [3.05, 3.63) is 75.8 Å². The summed E-state index contributed by atoms with van der Waals surface area (Å²) in [6.07, 6.45) is 1.93. The monoisotopic (exact) mass is 1370 g/mol. The van der Waals surface area contributed by atoms with Gasteiger partial charge in [-0.3, -0.25) is 77.4 Å². The highest BCUT2D eigenvalue weighted by Gasteiger charge is 2.42. The van der Waals surface area contributed by atoms with Crippen LogP contribution in [0.3, 0.4) is 0 Å². The SMILES string of the molecule is CCCC[C@H](NC(=O)[C@H](CC(C)C)NC(=O)CNC(=O)[C@H](Cc1ccc([N+](=O)[O-])cc1)NC(=O)[C@H](Cc1ccccc1)NC(=O)[C@H](CCC(N)=O)NC(=O)[C@H](CCC(N)=O)NC(=O)[C@@H]1CCCN1C(=O)[C@H](CCCCN)NC(=O)[C@@H]1CCCN1C(=O)[C@@H](N)CCCN=C(N)N)C(N)=O. The summed E-state index contributed by atoms with van der Waals surface area (Å²) >= 11 is 0. The third-order valence-corrected chi connectivity index (χ3v) is 16.6. The van der Waals surface area contributed by atoms with E-state index in [-0.39, 0.29) is 95.1 Å². The molecule has 2 aliphatic heterocycles. The molecule has 2 aromatic carbocycles. The van der Waals surface area contributed by atoms with E-state index in [1.807, 2.05) is 6.92 Å². The summed E-state index contributed by atoms with van der Waals surface area (Å²) in [5, 5.41) is 32.3. The van der Waals surface area contributed by atoms with Gasteiger partial charge in [-0.1, -0.05) is 76.1 Å². The summed E-state index contributed by atoms with van der Waals surface area (Å²) in [6, 6.07) is 0.225. The van der Waals surface area contributed by atoms with Gasteiger partial charge >= 0.3 is 0 Å². The average Bonchev–Trinajstić information content (AvgIpc) is 1.65. The first-order valence-electron chi connectivity index (χ1n) is 33.2. The molecule has 0 radical (unpaired) electrons. The van der Waals surface area contributed by atoms with Crippen molar-refractivity contribution in [3.63, 3.8) is 0 Å². The lowest BCUT2D eigenvalue weighted by Gasteiger charge is -2.32. The van der Waals surface area contributed by atoms with Crippen LogP contribution in [0.4, 0.5) is 5.69 Å². The number of aliphatic imine (C=N–C) groups is 1. The van der Waals surface area contributed by atoms with Gasteiger partial charge in [-0.2, -0.15) is 0 Å². The van der Waals surface area contributed by atoms with E-state index in [0.29, 0.717) is 56.1 Å². The molecular formula is C64H99N19O15. The Hall–Kier alpha value is -9.86. The minimum Gasteiger partial charge on any atom is -0.370 e. The lowest BCUT2D eigenvalue weighted by Crippen LogP contribution is -2.60. The standard InChI is InChI=1S/C64H99N19O15/c1-4-5-17-42(54(69)87)75-58(91)46(33-37(2)3)74-53(86)36-73-55(88)47(35-39-21-23-40(24-22-39)83(97)98)79-59(92)48(34-38-14-7-6-8-15-38)80-57(90)43(25-27-51(67)84)76-56(89)44(26-28-52(68)85)77-60(93)50-20-13-32-82(50)63(96)45(18-9-10-29-65)78-61(94)49-19-12-31-81(49)62(95)41(66)16-11-30-72-64(70)71/h6-8,14-15,21-24,37,41-50H,4-5,9-13,16-20,25-36,65-66H2,1-3H3,(H2,67,84)(H2,68,85)(H2,69,87)(H,73,88)(H,74,86)(H,75,91)(H,76,89)(H,77,93)(H,78,94)(H,79,92)(H,80,90)(H4,70,71,72)/t41-,42-,43-,44-,45-,46-,47-,48-,49-,50-/m0/s1. The highest BCUT2D eigenvalue weighted by Crippen LogP contribution is 2.24. The quantitative estimate of drug-likeness (QED) is 0.0101. The molecule has 98 heavy (non-hydrogen) atoms. The summed E-state index contributed by atoms with van der Waals surface area (Å²) in [5.74, 6) is -11.0. The van der Waals surface area contributed by atoms with Crippen LogP contribution < -0.4 is 82.7 Å². The van der Waals surface area contributed by atoms with Gasteiger partial charge in [0.05, 0.1) is 17.5 Å². The average molecular weight is 1370 g/mol. The van der Waals surface area contributed by atoms with Crippen molar-refractivity contribution in [3.8, 4) is 0 Å². The van der Waals surface area contributed by atoms with E-state index in [4.69, 9.17) is 40.1 Å². The molecule has 0 spiro atoms. The number of carbonyl (C=O) groups excluding carboxylic acids is 13. The molecule has 13 amide bonds. The largest absolute Gasteiger partial charge is 0.370 e. The lowest BCUT2D eigenvalue weighted by atomic mass is 10.0. The van der Waals surface area contributed by atoms with Gasteiger partial charge in [-0.15, -0.1) is 0 Å². The van der Waals surface area contributed by atoms with Gasteiger partial charge < -0.3 is 92.5 Å². The number of hydrogen-bond donors (Lipinski definition) is 15. The van der Waals surface area contributed by atoms with E-state index < -0.39 is 174 Å². The number of nitrogens with zero attached hydrogens (tertiary/aromatic N) is 4. The second-order valence-electron chi connectivity index (χ2n) is 24.9. The summed E-state index contributed by atoms with van der Waals surface area (Å²) < 4.78 is 0. The Kier molecular flexibility index (Phi) is 33.9. The molecule has 2 heterocycles. The van der Waals surface area contributed by atoms with Crippen LogP contribution in [0, 0.1) is 16.0 Å². The highest BCUT2D eigenvalue weighted by atomic mass is 16.6. The molecule has 22 N–H and O–H groups in total. The van der Waals surface area contributed by atoms with Crippen LogP contribution in [0.2, 0.25) is 0 Å². The van der Waals surface area contributed by atoms with E-state index in [1.165, 1.54) is 34.1 Å². The molecule has 2 aromatic rings. The third kappa shape index (κ3) is 27.3. The molecule has 0 aromatic heterocycles. The second kappa shape index (κ2) is 41.3. The zero-order valence-electron chi connectivity index (χ0n) is 56.0. The van der Waals surface area contributed by atoms with Crippen molar-refractivity contribution in [1.29, 1.82) is 0 Å². The molecule has 540 valence electrons. The molecule has 34 nitrogen and oxygen atoms in total. The van der Waals surface area contributed by atoms with Gasteiger partial charge in [-0.25, -0.2) is 0 Å². The number of nitrogens with two attached hydrogens (primary N) is 7. The number of unbranched alkanes of at least 4 members (excludes halogenated alkanes) is 2. The number of likely N-dealkylation sites (tertiary alicyclic amines) is 2. The predicted octanol–water partition coefficient (Wildman–Crippen LogP) is -3.37. The molecule has 0 saturated carbocycles. The Bertz CT molecular complexity index is 3120. The van der Waals surface area contributed by atoms with Crippen molar-refractivity contribution in [1.82, 2.24) is 52.3 Å². The van der Waals surface area contributed by atoms with E-state index in [1.54, 1.807) is 44.2 Å². The number of rotatable bonds is 43. The number of guanidine groups is 1. The topological polar surface area (TPSA) is 562 Å². The first-order chi connectivity index (χ1) is 46.5. The maximum Gasteiger partial charge on any atom is 0.269 e. The number of nitrogens with one attached hydrogen (secondary N) is 8. The second-order valence-corrected chi connectivity index (χ2v) is 24.9. The lowest BCUT2D eigenvalue weighted by molar-refractivity contribution is -0.384. The smallest absolute Gasteiger partial charge is 0.269 e. The summed E-state index contributed by atoms with van der Waals surface area (Å²) in [7, 11) is 0. The minimum absolute atomic E-state index is 0.0510. The number of nitro benzene ring substituents is 1. The van der Waals surface area contributed by atoms with E-state index in [0.717, 1.165) is 0 Å². The molecule has 2 aliphatic rings. The van der Waals surface area contributed by atoms with Crippen LogP contribution in [0.5, 0.6) is 0 Å². The Morgan fingerprint density at radius 1 is 0.561 bits per heavy atom. The van der Waals surface area contributed by atoms with Crippen LogP contribution in [0.1, 0.15) is 141 Å². The van der Waals surface area contributed by atoms with Crippen LogP contribution in [-0.4, -0.2) is 191 Å². The van der Waals surface area contributed by atoms with Crippen molar-refractivity contribution < 1.29 is 67.3 Å². The Balaban J connectivity index is 1.60. The summed E-state index contributed by atoms with van der Waals surface area (Å²) in [4.78, 5) is 196. The van der Waals surface area contributed by atoms with Gasteiger partial charge in [0, 0.05) is 57.5 Å². The Morgan fingerprint density at radius 2 is 1.05 bits per heavy atom. The van der Waals surface area contributed by atoms with Crippen molar-refractivity contribution >= 4 is 88.4 Å². The van der Waals surface area contributed by atoms with E-state index in [9.17, 15) is 72.4 Å². The van der Waals surface area contributed by atoms with E-state index in [2.05, 4.69) is 47.5 Å². The fourth-order valence-electron chi connectivity index (χ4n) is 11.3. The van der Waals surface area contributed by atoms with Crippen LogP contribution in [-0.2, 0) is 75.2 Å². The first kappa shape index (κ1) is 80.6. The van der Waals surface area contributed by atoms with Crippen molar-refractivity contribution in [2.45, 2.75) is 203 Å². The van der Waals surface area contributed by atoms with Crippen LogP contribution >= 0.6 is 0 Å². The fraction of sp³-hybridized carbons (Fsp3) is 0.594. The maximum atomic E-state index is 14.7. The number of non-ortho nitro benzene ring substituents is 1. The van der Waals surface area contributed by atoms with Crippen LogP contribution in [0.15, 0.2) is 59.6 Å². The maximum absolute atomic E-state index is 14.7. The fourth-order valence-corrected chi connectivity index (χ4v) is 11.3. The number of primary amides is 3.